The molecule has 34 heavy (non-hydrogen) atoms. The highest BCUT2D eigenvalue weighted by Crippen LogP contribution is 2.38. The number of anilines is 2. The van der Waals surface area contributed by atoms with Crippen molar-refractivity contribution in [3.8, 4) is 17.2 Å². The predicted octanol–water partition coefficient (Wildman–Crippen LogP) is 4.00. The van der Waals surface area contributed by atoms with Gasteiger partial charge in [0.2, 0.25) is 0 Å². The first-order chi connectivity index (χ1) is 16.3. The highest BCUT2D eigenvalue weighted by atomic mass is 32.2. The van der Waals surface area contributed by atoms with Gasteiger partial charge in [0.25, 0.3) is 15.9 Å². The van der Waals surface area contributed by atoms with E-state index in [0.29, 0.717) is 35.2 Å². The van der Waals surface area contributed by atoms with Crippen LogP contribution in [-0.2, 0) is 14.8 Å². The average molecular weight is 483 g/mol. The molecule has 0 saturated heterocycles. The minimum Gasteiger partial charge on any atom is -0.497 e. The number of methoxy groups -OCH3 is 1. The fourth-order valence-corrected chi connectivity index (χ4v) is 5.10. The average Bonchev–Trinajstić information content (AvgIpc) is 2.84. The van der Waals surface area contributed by atoms with E-state index in [2.05, 4.69) is 5.32 Å². The molecule has 0 unspecified atom stereocenters. The zero-order valence-corrected chi connectivity index (χ0v) is 20.0. The number of benzene rings is 3. The van der Waals surface area contributed by atoms with Crippen molar-refractivity contribution in [2.24, 2.45) is 0 Å². The summed E-state index contributed by atoms with van der Waals surface area (Å²) in [5.74, 6) is 1.11. The molecular weight excluding hydrogens is 456 g/mol. The van der Waals surface area contributed by atoms with Gasteiger partial charge in [-0.1, -0.05) is 6.07 Å². The van der Waals surface area contributed by atoms with E-state index in [1.165, 1.54) is 23.5 Å². The summed E-state index contributed by atoms with van der Waals surface area (Å²) in [4.78, 5) is 13.2. The minimum absolute atomic E-state index is 0.0902. The van der Waals surface area contributed by atoms with Crippen LogP contribution < -0.4 is 23.8 Å². The van der Waals surface area contributed by atoms with Gasteiger partial charge < -0.3 is 19.5 Å². The second kappa shape index (κ2) is 9.64. The molecule has 1 N–H and O–H groups in total. The number of aryl methyl sites for hydroxylation is 1. The molecule has 1 amide bonds. The maximum absolute atomic E-state index is 13.5. The van der Waals surface area contributed by atoms with Crippen molar-refractivity contribution in [2.75, 3.05) is 29.9 Å². The van der Waals surface area contributed by atoms with E-state index < -0.39 is 22.0 Å². The van der Waals surface area contributed by atoms with Crippen LogP contribution in [0.5, 0.6) is 17.2 Å². The summed E-state index contributed by atoms with van der Waals surface area (Å²) in [6, 6.07) is 18.3. The summed E-state index contributed by atoms with van der Waals surface area (Å²) in [7, 11) is -2.45. The van der Waals surface area contributed by atoms with E-state index >= 15 is 0 Å². The van der Waals surface area contributed by atoms with Crippen molar-refractivity contribution < 1.29 is 27.4 Å². The lowest BCUT2D eigenvalue weighted by Crippen LogP contribution is -2.48. The maximum Gasteiger partial charge on any atom is 0.267 e. The van der Waals surface area contributed by atoms with Gasteiger partial charge in [-0.3, -0.25) is 9.10 Å². The molecule has 9 heteroatoms. The summed E-state index contributed by atoms with van der Waals surface area (Å²) >= 11 is 0. The Morgan fingerprint density at radius 3 is 2.38 bits per heavy atom. The largest absolute Gasteiger partial charge is 0.497 e. The Balaban J connectivity index is 1.63. The van der Waals surface area contributed by atoms with Crippen molar-refractivity contribution in [1.29, 1.82) is 0 Å². The van der Waals surface area contributed by atoms with E-state index in [0.717, 1.165) is 5.56 Å². The van der Waals surface area contributed by atoms with E-state index in [9.17, 15) is 13.2 Å². The first-order valence-corrected chi connectivity index (χ1v) is 12.2. The van der Waals surface area contributed by atoms with E-state index in [1.54, 1.807) is 54.6 Å². The number of fused-ring (bicyclic) bond motifs is 1. The molecule has 0 radical (unpaired) electrons. The summed E-state index contributed by atoms with van der Waals surface area (Å²) in [5.41, 5.74) is 1.82. The zero-order valence-electron chi connectivity index (χ0n) is 19.1. The highest BCUT2D eigenvalue weighted by molar-refractivity contribution is 7.92. The molecule has 1 heterocycles. The molecule has 3 aromatic carbocycles. The van der Waals surface area contributed by atoms with Gasteiger partial charge in [-0.25, -0.2) is 8.42 Å². The van der Waals surface area contributed by atoms with E-state index in [4.69, 9.17) is 14.2 Å². The smallest absolute Gasteiger partial charge is 0.267 e. The number of hydrogen-bond donors (Lipinski definition) is 1. The standard InChI is InChI=1S/C25H26N2O6S/c1-4-32-20-8-6-18(7-9-20)26-25(28)24-16-27(22-14-5-17(2)15-23(22)33-24)34(29,30)21-12-10-19(31-3)11-13-21/h5-15,24H,4,16H2,1-3H3,(H,26,28)/t24-/m1/s1. The quantitative estimate of drug-likeness (QED) is 0.547. The molecule has 1 aliphatic heterocycles. The van der Waals surface area contributed by atoms with Crippen molar-refractivity contribution >= 4 is 27.3 Å². The Bertz CT molecular complexity index is 1270. The molecule has 0 saturated carbocycles. The number of ether oxygens (including phenoxy) is 3. The normalized spacial score (nSPS) is 15.1. The SMILES string of the molecule is CCOc1ccc(NC(=O)[C@H]2CN(S(=O)(=O)c3ccc(OC)cc3)c3ccc(C)cc3O2)cc1. The second-order valence-electron chi connectivity index (χ2n) is 7.74. The van der Waals surface area contributed by atoms with Crippen molar-refractivity contribution in [2.45, 2.75) is 24.8 Å². The van der Waals surface area contributed by atoms with Crippen LogP contribution in [0.25, 0.3) is 0 Å². The van der Waals surface area contributed by atoms with Crippen LogP contribution >= 0.6 is 0 Å². The highest BCUT2D eigenvalue weighted by Gasteiger charge is 2.37. The predicted molar refractivity (Wildman–Crippen MR) is 129 cm³/mol. The molecule has 0 fully saturated rings. The molecule has 0 aromatic heterocycles. The third-order valence-corrected chi connectivity index (χ3v) is 7.15. The summed E-state index contributed by atoms with van der Waals surface area (Å²) < 4.78 is 44.8. The molecule has 8 nitrogen and oxygen atoms in total. The summed E-state index contributed by atoms with van der Waals surface area (Å²) in [6.07, 6.45) is -1.05. The first kappa shape index (κ1) is 23.4. The van der Waals surface area contributed by atoms with Gasteiger partial charge >= 0.3 is 0 Å². The Kier molecular flexibility index (Phi) is 6.65. The van der Waals surface area contributed by atoms with Crippen LogP contribution in [0.2, 0.25) is 0 Å². The molecule has 0 spiro atoms. The fraction of sp³-hybridized carbons (Fsp3) is 0.240. The first-order valence-electron chi connectivity index (χ1n) is 10.8. The third kappa shape index (κ3) is 4.79. The van der Waals surface area contributed by atoms with Gasteiger partial charge in [-0.05, 0) is 80.1 Å². The molecule has 1 aliphatic rings. The lowest BCUT2D eigenvalue weighted by Gasteiger charge is -2.35. The fourth-order valence-electron chi connectivity index (χ4n) is 3.62. The van der Waals surface area contributed by atoms with Crippen LogP contribution in [0.1, 0.15) is 12.5 Å². The number of nitrogens with zero attached hydrogens (tertiary/aromatic N) is 1. The third-order valence-electron chi connectivity index (χ3n) is 5.36. The number of hydrogen-bond acceptors (Lipinski definition) is 6. The van der Waals surface area contributed by atoms with Gasteiger partial charge in [0.05, 0.1) is 30.8 Å². The minimum atomic E-state index is -3.96. The molecule has 3 aromatic rings. The number of carbonyl (C=O) groups is 1. The molecular formula is C25H26N2O6S. The van der Waals surface area contributed by atoms with Crippen molar-refractivity contribution in [3.63, 3.8) is 0 Å². The molecule has 178 valence electrons. The number of nitrogens with one attached hydrogen (secondary N) is 1. The van der Waals surface area contributed by atoms with Crippen LogP contribution in [0.15, 0.2) is 71.6 Å². The van der Waals surface area contributed by atoms with Crippen molar-refractivity contribution in [1.82, 2.24) is 0 Å². The monoisotopic (exact) mass is 482 g/mol. The number of carbonyl (C=O) groups excluding carboxylic acids is 1. The summed E-state index contributed by atoms with van der Waals surface area (Å²) in [5, 5.41) is 2.80. The number of rotatable bonds is 7. The maximum atomic E-state index is 13.5. The van der Waals surface area contributed by atoms with Crippen LogP contribution in [0, 0.1) is 6.92 Å². The topological polar surface area (TPSA) is 94.2 Å². The Labute approximate surface area is 199 Å². The van der Waals surface area contributed by atoms with Crippen LogP contribution in [0.4, 0.5) is 11.4 Å². The molecule has 0 bridgehead atoms. The van der Waals surface area contributed by atoms with Crippen LogP contribution in [0.3, 0.4) is 0 Å². The lowest BCUT2D eigenvalue weighted by molar-refractivity contribution is -0.122. The van der Waals surface area contributed by atoms with Gasteiger partial charge in [-0.15, -0.1) is 0 Å². The molecule has 1 atom stereocenters. The second-order valence-corrected chi connectivity index (χ2v) is 9.60. The molecule has 0 aliphatic carbocycles. The molecule has 4 rings (SSSR count). The van der Waals surface area contributed by atoms with Gasteiger partial charge in [0.15, 0.2) is 6.10 Å². The number of sulfonamides is 1. The zero-order chi connectivity index (χ0) is 24.3. The van der Waals surface area contributed by atoms with Crippen molar-refractivity contribution in [3.05, 3.63) is 72.3 Å². The van der Waals surface area contributed by atoms with E-state index in [-0.39, 0.29) is 11.4 Å². The van der Waals surface area contributed by atoms with Gasteiger partial charge in [0, 0.05) is 5.69 Å². The Morgan fingerprint density at radius 1 is 1.06 bits per heavy atom. The Morgan fingerprint density at radius 2 is 1.74 bits per heavy atom. The number of amides is 1. The van der Waals surface area contributed by atoms with Crippen LogP contribution in [-0.4, -0.2) is 40.7 Å². The van der Waals surface area contributed by atoms with Gasteiger partial charge in [-0.2, -0.15) is 0 Å². The van der Waals surface area contributed by atoms with Gasteiger partial charge in [0.1, 0.15) is 17.2 Å². The van der Waals surface area contributed by atoms with E-state index in [1.807, 2.05) is 13.8 Å². The Hall–Kier alpha value is -3.72. The summed E-state index contributed by atoms with van der Waals surface area (Å²) in [6.45, 7) is 4.13. The lowest BCUT2D eigenvalue weighted by atomic mass is 10.1.